The molecule has 2 N–H and O–H groups in total. The maximum atomic E-state index is 5.98. The molecule has 3 rings (SSSR count). The summed E-state index contributed by atoms with van der Waals surface area (Å²) in [5.74, 6) is 2.00. The van der Waals surface area contributed by atoms with Crippen molar-refractivity contribution < 1.29 is 4.74 Å². The van der Waals surface area contributed by atoms with E-state index in [4.69, 9.17) is 15.5 Å². The molecular formula is C16H20N4O. The Bertz CT molecular complexity index is 627. The Labute approximate surface area is 124 Å². The minimum absolute atomic E-state index is 0.104. The SMILES string of the molecule is CC1(C)COCCN1c1cc(N)nc(-c2ccccc2)n1. The van der Waals surface area contributed by atoms with E-state index in [1.165, 1.54) is 0 Å². The van der Waals surface area contributed by atoms with Gasteiger partial charge in [-0.2, -0.15) is 0 Å². The molecule has 0 atom stereocenters. The van der Waals surface area contributed by atoms with Gasteiger partial charge in [-0.3, -0.25) is 0 Å². The molecule has 21 heavy (non-hydrogen) atoms. The number of nitrogens with two attached hydrogens (primary N) is 1. The lowest BCUT2D eigenvalue weighted by molar-refractivity contribution is 0.0639. The Kier molecular flexibility index (Phi) is 3.51. The van der Waals surface area contributed by atoms with Gasteiger partial charge in [-0.15, -0.1) is 0 Å². The van der Waals surface area contributed by atoms with Crippen LogP contribution in [-0.2, 0) is 4.74 Å². The zero-order chi connectivity index (χ0) is 14.9. The Morgan fingerprint density at radius 2 is 1.95 bits per heavy atom. The maximum absolute atomic E-state index is 5.98. The molecule has 2 aromatic rings. The van der Waals surface area contributed by atoms with Crippen molar-refractivity contribution in [3.63, 3.8) is 0 Å². The Balaban J connectivity index is 2.02. The van der Waals surface area contributed by atoms with Gasteiger partial charge in [0.25, 0.3) is 0 Å². The number of hydrogen-bond acceptors (Lipinski definition) is 5. The van der Waals surface area contributed by atoms with Crippen LogP contribution in [0.15, 0.2) is 36.4 Å². The van der Waals surface area contributed by atoms with E-state index in [1.807, 2.05) is 36.4 Å². The number of nitrogen functional groups attached to an aromatic ring is 1. The summed E-state index contributed by atoms with van der Waals surface area (Å²) in [6, 6.07) is 11.7. The number of rotatable bonds is 2. The minimum Gasteiger partial charge on any atom is -0.384 e. The summed E-state index contributed by atoms with van der Waals surface area (Å²) in [6.45, 7) is 6.47. The van der Waals surface area contributed by atoms with Gasteiger partial charge < -0.3 is 15.4 Å². The Morgan fingerprint density at radius 1 is 1.19 bits per heavy atom. The van der Waals surface area contributed by atoms with Crippen molar-refractivity contribution in [2.24, 2.45) is 0 Å². The highest BCUT2D eigenvalue weighted by molar-refractivity contribution is 5.61. The first-order chi connectivity index (χ1) is 10.1. The van der Waals surface area contributed by atoms with Crippen LogP contribution in [0.5, 0.6) is 0 Å². The van der Waals surface area contributed by atoms with Crippen LogP contribution in [0.1, 0.15) is 13.8 Å². The fourth-order valence-corrected chi connectivity index (χ4v) is 2.59. The molecule has 5 heteroatoms. The topological polar surface area (TPSA) is 64.3 Å². The summed E-state index contributed by atoms with van der Waals surface area (Å²) < 4.78 is 5.57. The molecule has 1 aromatic heterocycles. The lowest BCUT2D eigenvalue weighted by Gasteiger charge is -2.43. The highest BCUT2D eigenvalue weighted by Crippen LogP contribution is 2.28. The van der Waals surface area contributed by atoms with Gasteiger partial charge >= 0.3 is 0 Å². The van der Waals surface area contributed by atoms with Crippen LogP contribution < -0.4 is 10.6 Å². The first kappa shape index (κ1) is 13.8. The van der Waals surface area contributed by atoms with E-state index in [1.54, 1.807) is 0 Å². The molecule has 0 radical (unpaired) electrons. The molecule has 0 unspecified atom stereocenters. The molecule has 110 valence electrons. The number of morpholine rings is 1. The number of aromatic nitrogens is 2. The monoisotopic (exact) mass is 284 g/mol. The normalized spacial score (nSPS) is 17.7. The van der Waals surface area contributed by atoms with E-state index in [0.29, 0.717) is 24.9 Å². The molecule has 0 amide bonds. The second-order valence-corrected chi connectivity index (χ2v) is 5.86. The molecule has 1 aromatic carbocycles. The van der Waals surface area contributed by atoms with Crippen LogP contribution in [-0.4, -0.2) is 35.3 Å². The zero-order valence-electron chi connectivity index (χ0n) is 12.4. The molecule has 0 saturated carbocycles. The largest absolute Gasteiger partial charge is 0.384 e. The van der Waals surface area contributed by atoms with Gasteiger partial charge in [-0.1, -0.05) is 30.3 Å². The summed E-state index contributed by atoms with van der Waals surface area (Å²) in [5.41, 5.74) is 6.85. The molecule has 1 saturated heterocycles. The molecule has 5 nitrogen and oxygen atoms in total. The minimum atomic E-state index is -0.104. The second-order valence-electron chi connectivity index (χ2n) is 5.86. The van der Waals surface area contributed by atoms with E-state index in [2.05, 4.69) is 23.7 Å². The van der Waals surface area contributed by atoms with Crippen molar-refractivity contribution >= 4 is 11.6 Å². The fourth-order valence-electron chi connectivity index (χ4n) is 2.59. The summed E-state index contributed by atoms with van der Waals surface area (Å²) in [5, 5.41) is 0. The molecule has 1 aliphatic heterocycles. The highest BCUT2D eigenvalue weighted by Gasteiger charge is 2.32. The van der Waals surface area contributed by atoms with Crippen molar-refractivity contribution in [1.29, 1.82) is 0 Å². The summed E-state index contributed by atoms with van der Waals surface area (Å²) in [6.07, 6.45) is 0. The number of nitrogens with zero attached hydrogens (tertiary/aromatic N) is 3. The highest BCUT2D eigenvalue weighted by atomic mass is 16.5. The molecule has 1 aliphatic rings. The van der Waals surface area contributed by atoms with E-state index >= 15 is 0 Å². The quantitative estimate of drug-likeness (QED) is 0.917. The molecule has 2 heterocycles. The van der Waals surface area contributed by atoms with Crippen LogP contribution in [0, 0.1) is 0 Å². The van der Waals surface area contributed by atoms with Crippen LogP contribution in [0.25, 0.3) is 11.4 Å². The summed E-state index contributed by atoms with van der Waals surface area (Å²) in [7, 11) is 0. The fraction of sp³-hybridized carbons (Fsp3) is 0.375. The van der Waals surface area contributed by atoms with Gasteiger partial charge in [0.05, 0.1) is 18.8 Å². The second kappa shape index (κ2) is 5.33. The van der Waals surface area contributed by atoms with Gasteiger partial charge in [0.15, 0.2) is 5.82 Å². The van der Waals surface area contributed by atoms with Gasteiger partial charge in [-0.05, 0) is 13.8 Å². The summed E-state index contributed by atoms with van der Waals surface area (Å²) in [4.78, 5) is 11.3. The van der Waals surface area contributed by atoms with E-state index in [-0.39, 0.29) is 5.54 Å². The Hall–Kier alpha value is -2.14. The third kappa shape index (κ3) is 2.83. The lowest BCUT2D eigenvalue weighted by atomic mass is 10.0. The van der Waals surface area contributed by atoms with Gasteiger partial charge in [0, 0.05) is 18.2 Å². The average molecular weight is 284 g/mol. The van der Waals surface area contributed by atoms with Crippen LogP contribution in [0.4, 0.5) is 11.6 Å². The van der Waals surface area contributed by atoms with Crippen molar-refractivity contribution in [2.45, 2.75) is 19.4 Å². The molecule has 0 spiro atoms. The average Bonchev–Trinajstić information content (AvgIpc) is 2.47. The van der Waals surface area contributed by atoms with E-state index in [9.17, 15) is 0 Å². The smallest absolute Gasteiger partial charge is 0.163 e. The summed E-state index contributed by atoms with van der Waals surface area (Å²) >= 11 is 0. The number of benzene rings is 1. The Morgan fingerprint density at radius 3 is 2.67 bits per heavy atom. The maximum Gasteiger partial charge on any atom is 0.163 e. The third-order valence-corrected chi connectivity index (χ3v) is 3.69. The van der Waals surface area contributed by atoms with Crippen molar-refractivity contribution in [3.05, 3.63) is 36.4 Å². The first-order valence-electron chi connectivity index (χ1n) is 7.12. The van der Waals surface area contributed by atoms with E-state index < -0.39 is 0 Å². The van der Waals surface area contributed by atoms with Gasteiger partial charge in [0.1, 0.15) is 11.6 Å². The van der Waals surface area contributed by atoms with Gasteiger partial charge in [-0.25, -0.2) is 9.97 Å². The molecular weight excluding hydrogens is 264 g/mol. The molecule has 1 fully saturated rings. The third-order valence-electron chi connectivity index (χ3n) is 3.69. The zero-order valence-corrected chi connectivity index (χ0v) is 12.4. The predicted molar refractivity (Wildman–Crippen MR) is 84.1 cm³/mol. The van der Waals surface area contributed by atoms with E-state index in [0.717, 1.165) is 17.9 Å². The van der Waals surface area contributed by atoms with Crippen LogP contribution in [0.2, 0.25) is 0 Å². The van der Waals surface area contributed by atoms with Gasteiger partial charge in [0.2, 0.25) is 0 Å². The number of hydrogen-bond donors (Lipinski definition) is 1. The van der Waals surface area contributed by atoms with Crippen LogP contribution >= 0.6 is 0 Å². The standard InChI is InChI=1S/C16H20N4O/c1-16(2)11-21-9-8-20(16)14-10-13(17)18-15(19-14)12-6-4-3-5-7-12/h3-7,10H,8-9,11H2,1-2H3,(H2,17,18,19). The van der Waals surface area contributed by atoms with Crippen LogP contribution in [0.3, 0.4) is 0 Å². The number of anilines is 2. The van der Waals surface area contributed by atoms with Crippen molar-refractivity contribution in [2.75, 3.05) is 30.4 Å². The lowest BCUT2D eigenvalue weighted by Crippen LogP contribution is -2.53. The predicted octanol–water partition coefficient (Wildman–Crippen LogP) is 2.34. The first-order valence-corrected chi connectivity index (χ1v) is 7.12. The van der Waals surface area contributed by atoms with Crippen molar-refractivity contribution in [1.82, 2.24) is 9.97 Å². The molecule has 0 bridgehead atoms. The number of ether oxygens (including phenoxy) is 1. The molecule has 0 aliphatic carbocycles. The van der Waals surface area contributed by atoms with Crippen molar-refractivity contribution in [3.8, 4) is 11.4 Å².